The number of thiazole rings is 1. The van der Waals surface area contributed by atoms with E-state index in [1.807, 2.05) is 67.8 Å². The number of aromatic nitrogens is 2. The summed E-state index contributed by atoms with van der Waals surface area (Å²) in [6, 6.07) is 17.1. The Hall–Kier alpha value is -2.90. The van der Waals surface area contributed by atoms with Gasteiger partial charge in [0.1, 0.15) is 18.1 Å². The van der Waals surface area contributed by atoms with Crippen molar-refractivity contribution in [3.05, 3.63) is 87.7 Å². The molecule has 0 aliphatic rings. The number of thioether (sulfide) groups is 1. The highest BCUT2D eigenvalue weighted by Gasteiger charge is 2.17. The Balaban J connectivity index is 1.43. The average Bonchev–Trinajstić information content (AvgIpc) is 3.36. The zero-order valence-electron chi connectivity index (χ0n) is 16.6. The van der Waals surface area contributed by atoms with Gasteiger partial charge in [-0.05, 0) is 38.1 Å². The quantitative estimate of drug-likeness (QED) is 0.259. The molecule has 0 radical (unpaired) electrons. The van der Waals surface area contributed by atoms with Crippen molar-refractivity contribution in [3.8, 4) is 11.5 Å². The number of rotatable bonds is 7. The lowest BCUT2D eigenvalue weighted by Gasteiger charge is -2.08. The van der Waals surface area contributed by atoms with Gasteiger partial charge in [0.2, 0.25) is 5.89 Å². The average molecular weight is 437 g/mol. The fourth-order valence-corrected chi connectivity index (χ4v) is 4.52. The maximum Gasteiger partial charge on any atom is 0.339 e. The Morgan fingerprint density at radius 1 is 1.07 bits per heavy atom. The van der Waals surface area contributed by atoms with Gasteiger partial charge in [-0.15, -0.1) is 23.1 Å². The number of esters is 1. The molecule has 30 heavy (non-hydrogen) atoms. The predicted octanol–water partition coefficient (Wildman–Crippen LogP) is 6.06. The molecule has 0 aliphatic carbocycles. The van der Waals surface area contributed by atoms with E-state index in [-0.39, 0.29) is 12.6 Å². The minimum atomic E-state index is -0.379. The molecular formula is C23H20N2O3S2. The molecule has 0 amide bonds. The molecule has 5 nitrogen and oxygen atoms in total. The number of carbonyl (C=O) groups excluding carboxylic acids is 1. The Bertz CT molecular complexity index is 1150. The first-order valence-electron chi connectivity index (χ1n) is 9.42. The van der Waals surface area contributed by atoms with Gasteiger partial charge >= 0.3 is 5.97 Å². The Morgan fingerprint density at radius 3 is 2.60 bits per heavy atom. The van der Waals surface area contributed by atoms with Crippen LogP contribution in [0.15, 0.2) is 69.3 Å². The normalized spacial score (nSPS) is 10.9. The lowest BCUT2D eigenvalue weighted by atomic mass is 10.2. The standard InChI is InChI=1S/C23H20N2O3S2/c1-15-20(25-22(28-15)17-8-4-3-5-9-17)12-27-23(26)19-10-6-7-11-21(19)30-14-18-13-29-16(2)24-18/h3-11,13H,12,14H2,1-2H3. The van der Waals surface area contributed by atoms with E-state index in [1.54, 1.807) is 29.2 Å². The van der Waals surface area contributed by atoms with Gasteiger partial charge in [0.05, 0.1) is 16.3 Å². The predicted molar refractivity (Wildman–Crippen MR) is 119 cm³/mol. The first-order chi connectivity index (χ1) is 14.6. The summed E-state index contributed by atoms with van der Waals surface area (Å²) in [6.07, 6.45) is 0. The van der Waals surface area contributed by atoms with Crippen LogP contribution < -0.4 is 0 Å². The van der Waals surface area contributed by atoms with E-state index in [0.717, 1.165) is 21.2 Å². The van der Waals surface area contributed by atoms with Crippen LogP contribution in [0.2, 0.25) is 0 Å². The summed E-state index contributed by atoms with van der Waals surface area (Å²) in [5.41, 5.74) is 3.05. The third-order valence-electron chi connectivity index (χ3n) is 4.40. The van der Waals surface area contributed by atoms with E-state index in [1.165, 1.54) is 0 Å². The van der Waals surface area contributed by atoms with Gasteiger partial charge in [0.15, 0.2) is 0 Å². The van der Waals surface area contributed by atoms with Crippen molar-refractivity contribution in [2.75, 3.05) is 0 Å². The van der Waals surface area contributed by atoms with Crippen LogP contribution in [0.3, 0.4) is 0 Å². The van der Waals surface area contributed by atoms with Crippen LogP contribution in [0, 0.1) is 13.8 Å². The Morgan fingerprint density at radius 2 is 1.83 bits per heavy atom. The van der Waals surface area contributed by atoms with E-state index >= 15 is 0 Å². The first kappa shape index (κ1) is 20.4. The summed E-state index contributed by atoms with van der Waals surface area (Å²) in [7, 11) is 0. The summed E-state index contributed by atoms with van der Waals surface area (Å²) in [6.45, 7) is 3.87. The van der Waals surface area contributed by atoms with Crippen LogP contribution in [0.25, 0.3) is 11.5 Å². The number of benzene rings is 2. The zero-order chi connectivity index (χ0) is 20.9. The summed E-state index contributed by atoms with van der Waals surface area (Å²) in [5.74, 6) is 1.49. The molecule has 2 aromatic heterocycles. The number of carbonyl (C=O) groups is 1. The minimum absolute atomic E-state index is 0.0608. The zero-order valence-corrected chi connectivity index (χ0v) is 18.3. The van der Waals surface area contributed by atoms with Crippen LogP contribution in [0.4, 0.5) is 0 Å². The lowest BCUT2D eigenvalue weighted by Crippen LogP contribution is -2.07. The summed E-state index contributed by atoms with van der Waals surface area (Å²) in [5, 5.41) is 3.08. The molecule has 152 valence electrons. The smallest absolute Gasteiger partial charge is 0.339 e. The highest BCUT2D eigenvalue weighted by Crippen LogP contribution is 2.28. The number of nitrogens with zero attached hydrogens (tertiary/aromatic N) is 2. The van der Waals surface area contributed by atoms with Crippen molar-refractivity contribution >= 4 is 29.1 Å². The Labute approximate surface area is 183 Å². The van der Waals surface area contributed by atoms with Crippen LogP contribution >= 0.6 is 23.1 Å². The van der Waals surface area contributed by atoms with E-state index in [4.69, 9.17) is 9.15 Å². The maximum atomic E-state index is 12.7. The van der Waals surface area contributed by atoms with Gasteiger partial charge in [0.25, 0.3) is 0 Å². The van der Waals surface area contributed by atoms with Crippen LogP contribution in [-0.4, -0.2) is 15.9 Å². The molecule has 0 N–H and O–H groups in total. The second-order valence-corrected chi connectivity index (χ2v) is 8.69. The summed E-state index contributed by atoms with van der Waals surface area (Å²) < 4.78 is 11.3. The van der Waals surface area contributed by atoms with Crippen molar-refractivity contribution in [2.24, 2.45) is 0 Å². The number of hydrogen-bond donors (Lipinski definition) is 0. The van der Waals surface area contributed by atoms with Crippen LogP contribution in [-0.2, 0) is 17.1 Å². The van der Waals surface area contributed by atoms with Crippen molar-refractivity contribution < 1.29 is 13.9 Å². The highest BCUT2D eigenvalue weighted by molar-refractivity contribution is 7.98. The Kier molecular flexibility index (Phi) is 6.30. The highest BCUT2D eigenvalue weighted by atomic mass is 32.2. The van der Waals surface area contributed by atoms with Gasteiger partial charge in [-0.1, -0.05) is 30.3 Å². The fourth-order valence-electron chi connectivity index (χ4n) is 2.87. The summed E-state index contributed by atoms with van der Waals surface area (Å²) >= 11 is 3.20. The van der Waals surface area contributed by atoms with Gasteiger partial charge < -0.3 is 9.15 Å². The van der Waals surface area contributed by atoms with E-state index in [0.29, 0.717) is 28.7 Å². The molecule has 7 heteroatoms. The second-order valence-electron chi connectivity index (χ2n) is 6.61. The van der Waals surface area contributed by atoms with Crippen molar-refractivity contribution in [1.82, 2.24) is 9.97 Å². The first-order valence-corrected chi connectivity index (χ1v) is 11.3. The number of hydrogen-bond acceptors (Lipinski definition) is 7. The van der Waals surface area contributed by atoms with Gasteiger partial charge in [-0.25, -0.2) is 14.8 Å². The SMILES string of the molecule is Cc1nc(CSc2ccccc2C(=O)OCc2nc(-c3ccccc3)oc2C)cs1. The topological polar surface area (TPSA) is 65.2 Å². The molecule has 4 rings (SSSR count). The van der Waals surface area contributed by atoms with Gasteiger partial charge in [0, 0.05) is 21.6 Å². The second kappa shape index (κ2) is 9.28. The third kappa shape index (κ3) is 4.80. The van der Waals surface area contributed by atoms with E-state index in [9.17, 15) is 4.79 Å². The molecule has 0 spiro atoms. The van der Waals surface area contributed by atoms with Gasteiger partial charge in [-0.3, -0.25) is 0 Å². The molecule has 4 aromatic rings. The van der Waals surface area contributed by atoms with Gasteiger partial charge in [-0.2, -0.15) is 0 Å². The monoisotopic (exact) mass is 436 g/mol. The van der Waals surface area contributed by atoms with Crippen molar-refractivity contribution in [3.63, 3.8) is 0 Å². The minimum Gasteiger partial charge on any atom is -0.455 e. The molecule has 0 aliphatic heterocycles. The van der Waals surface area contributed by atoms with Crippen LogP contribution in [0.1, 0.15) is 32.5 Å². The van der Waals surface area contributed by atoms with Crippen molar-refractivity contribution in [2.45, 2.75) is 31.1 Å². The third-order valence-corrected chi connectivity index (χ3v) is 6.33. The fraction of sp³-hybridized carbons (Fsp3) is 0.174. The molecule has 0 saturated heterocycles. The summed E-state index contributed by atoms with van der Waals surface area (Å²) in [4.78, 5) is 22.6. The number of oxazole rings is 1. The molecular weight excluding hydrogens is 416 g/mol. The molecule has 0 atom stereocenters. The molecule has 2 aromatic carbocycles. The van der Waals surface area contributed by atoms with Crippen LogP contribution in [0.5, 0.6) is 0 Å². The van der Waals surface area contributed by atoms with E-state index < -0.39 is 0 Å². The molecule has 0 saturated carbocycles. The molecule has 0 fully saturated rings. The maximum absolute atomic E-state index is 12.7. The molecule has 0 bridgehead atoms. The molecule has 0 unspecified atom stereocenters. The largest absolute Gasteiger partial charge is 0.455 e. The number of aryl methyl sites for hydroxylation is 2. The van der Waals surface area contributed by atoms with Crippen molar-refractivity contribution in [1.29, 1.82) is 0 Å². The van der Waals surface area contributed by atoms with E-state index in [2.05, 4.69) is 9.97 Å². The molecule has 2 heterocycles. The lowest BCUT2D eigenvalue weighted by molar-refractivity contribution is 0.0463. The number of ether oxygens (including phenoxy) is 1.